The van der Waals surface area contributed by atoms with E-state index in [1.165, 1.54) is 17.7 Å². The lowest BCUT2D eigenvalue weighted by atomic mass is 9.93. The molecule has 0 fully saturated rings. The van der Waals surface area contributed by atoms with Gasteiger partial charge in [-0.15, -0.1) is 0 Å². The summed E-state index contributed by atoms with van der Waals surface area (Å²) in [5.41, 5.74) is 3.17. The van der Waals surface area contributed by atoms with Crippen LogP contribution >= 0.6 is 0 Å². The number of aliphatic carboxylic acids is 1. The SMILES string of the molecule is CCCCCn1c2c(cc(CCC(=O)O)c1=O)CCCC2. The molecule has 1 heterocycles. The van der Waals surface area contributed by atoms with Crippen LogP contribution < -0.4 is 5.56 Å². The van der Waals surface area contributed by atoms with Gasteiger partial charge in [-0.05, 0) is 50.2 Å². The Kier molecular flexibility index (Phi) is 5.59. The average molecular weight is 291 g/mol. The van der Waals surface area contributed by atoms with Crippen molar-refractivity contribution in [1.82, 2.24) is 4.57 Å². The number of carboxylic acid groups (broad SMARTS) is 1. The predicted molar refractivity (Wildman–Crippen MR) is 82.8 cm³/mol. The molecule has 1 N–H and O–H groups in total. The minimum atomic E-state index is -0.843. The van der Waals surface area contributed by atoms with Gasteiger partial charge in [0.1, 0.15) is 0 Å². The minimum absolute atomic E-state index is 0.0307. The molecule has 0 unspecified atom stereocenters. The number of rotatable bonds is 7. The molecule has 2 rings (SSSR count). The molecule has 1 aromatic rings. The van der Waals surface area contributed by atoms with E-state index in [9.17, 15) is 9.59 Å². The molecule has 1 aromatic heterocycles. The van der Waals surface area contributed by atoms with Crippen molar-refractivity contribution in [3.05, 3.63) is 33.2 Å². The number of hydrogen-bond donors (Lipinski definition) is 1. The fourth-order valence-corrected chi connectivity index (χ4v) is 3.12. The Hall–Kier alpha value is -1.58. The summed E-state index contributed by atoms with van der Waals surface area (Å²) in [5, 5.41) is 8.84. The molecule has 0 amide bonds. The first kappa shape index (κ1) is 15.8. The predicted octanol–water partition coefficient (Wildman–Crippen LogP) is 2.93. The van der Waals surface area contributed by atoms with E-state index < -0.39 is 5.97 Å². The van der Waals surface area contributed by atoms with Crippen LogP contribution in [0.2, 0.25) is 0 Å². The van der Waals surface area contributed by atoms with E-state index >= 15 is 0 Å². The van der Waals surface area contributed by atoms with Crippen molar-refractivity contribution in [2.75, 3.05) is 0 Å². The molecule has 0 atom stereocenters. The van der Waals surface area contributed by atoms with E-state index in [1.807, 2.05) is 10.6 Å². The maximum Gasteiger partial charge on any atom is 0.303 e. The van der Waals surface area contributed by atoms with E-state index in [-0.39, 0.29) is 12.0 Å². The van der Waals surface area contributed by atoms with E-state index in [1.54, 1.807) is 0 Å². The Morgan fingerprint density at radius 3 is 2.76 bits per heavy atom. The molecule has 0 spiro atoms. The van der Waals surface area contributed by atoms with Crippen LogP contribution in [0, 0.1) is 0 Å². The molecule has 0 aliphatic heterocycles. The third-order valence-corrected chi connectivity index (χ3v) is 4.27. The second kappa shape index (κ2) is 7.43. The third kappa shape index (κ3) is 3.96. The molecule has 1 aliphatic rings. The highest BCUT2D eigenvalue weighted by Crippen LogP contribution is 2.21. The van der Waals surface area contributed by atoms with Crippen LogP contribution in [0.25, 0.3) is 0 Å². The minimum Gasteiger partial charge on any atom is -0.481 e. The molecule has 0 aromatic carbocycles. The third-order valence-electron chi connectivity index (χ3n) is 4.27. The zero-order valence-corrected chi connectivity index (χ0v) is 12.9. The highest BCUT2D eigenvalue weighted by Gasteiger charge is 2.17. The monoisotopic (exact) mass is 291 g/mol. The van der Waals surface area contributed by atoms with Gasteiger partial charge in [0.25, 0.3) is 5.56 Å². The zero-order chi connectivity index (χ0) is 15.2. The fourth-order valence-electron chi connectivity index (χ4n) is 3.12. The molecule has 4 nitrogen and oxygen atoms in total. The van der Waals surface area contributed by atoms with E-state index in [0.29, 0.717) is 12.0 Å². The Balaban J connectivity index is 2.32. The second-order valence-electron chi connectivity index (χ2n) is 5.91. The normalized spacial score (nSPS) is 14.0. The van der Waals surface area contributed by atoms with Crippen LogP contribution in [-0.4, -0.2) is 15.6 Å². The van der Waals surface area contributed by atoms with Gasteiger partial charge in [-0.1, -0.05) is 19.8 Å². The van der Waals surface area contributed by atoms with Crippen LogP contribution in [-0.2, 0) is 30.6 Å². The summed E-state index contributed by atoms with van der Waals surface area (Å²) in [6.45, 7) is 2.93. The summed E-state index contributed by atoms with van der Waals surface area (Å²) in [4.78, 5) is 23.4. The molecule has 4 heteroatoms. The van der Waals surface area contributed by atoms with E-state index in [4.69, 9.17) is 5.11 Å². The lowest BCUT2D eigenvalue weighted by molar-refractivity contribution is -0.136. The standard InChI is InChI=1S/C17H25NO3/c1-2-3-6-11-18-15-8-5-4-7-13(15)12-14(17(18)21)9-10-16(19)20/h12H,2-11H2,1H3,(H,19,20). The van der Waals surface area contributed by atoms with Crippen LogP contribution in [0.1, 0.15) is 62.3 Å². The number of aryl methyl sites for hydroxylation is 2. The first-order chi connectivity index (χ1) is 10.1. The van der Waals surface area contributed by atoms with Crippen LogP contribution in [0.4, 0.5) is 0 Å². The summed E-state index contributed by atoms with van der Waals surface area (Å²) in [5.74, 6) is -0.843. The van der Waals surface area contributed by atoms with Gasteiger partial charge in [0.05, 0.1) is 0 Å². The first-order valence-corrected chi connectivity index (χ1v) is 8.09. The second-order valence-corrected chi connectivity index (χ2v) is 5.91. The van der Waals surface area contributed by atoms with Crippen LogP contribution in [0.5, 0.6) is 0 Å². The maximum atomic E-state index is 12.6. The molecule has 0 radical (unpaired) electrons. The molecular weight excluding hydrogens is 266 g/mol. The van der Waals surface area contributed by atoms with E-state index in [0.717, 1.165) is 45.1 Å². The van der Waals surface area contributed by atoms with Crippen LogP contribution in [0.3, 0.4) is 0 Å². The maximum absolute atomic E-state index is 12.6. The number of hydrogen-bond acceptors (Lipinski definition) is 2. The van der Waals surface area contributed by atoms with Gasteiger partial charge >= 0.3 is 5.97 Å². The van der Waals surface area contributed by atoms with E-state index in [2.05, 4.69) is 6.92 Å². The number of aromatic nitrogens is 1. The van der Waals surface area contributed by atoms with Gasteiger partial charge in [-0.3, -0.25) is 9.59 Å². The summed E-state index contributed by atoms with van der Waals surface area (Å²) in [7, 11) is 0. The smallest absolute Gasteiger partial charge is 0.303 e. The van der Waals surface area contributed by atoms with Crippen molar-refractivity contribution >= 4 is 5.97 Å². The lowest BCUT2D eigenvalue weighted by Crippen LogP contribution is -2.30. The Morgan fingerprint density at radius 2 is 2.05 bits per heavy atom. The number of carboxylic acids is 1. The molecular formula is C17H25NO3. The number of fused-ring (bicyclic) bond motifs is 1. The van der Waals surface area contributed by atoms with Gasteiger partial charge in [0.2, 0.25) is 0 Å². The molecule has 0 saturated carbocycles. The summed E-state index contributed by atoms with van der Waals surface area (Å²) >= 11 is 0. The highest BCUT2D eigenvalue weighted by atomic mass is 16.4. The van der Waals surface area contributed by atoms with Gasteiger partial charge in [0, 0.05) is 24.2 Å². The number of nitrogens with zero attached hydrogens (tertiary/aromatic N) is 1. The quantitative estimate of drug-likeness (QED) is 0.786. The molecule has 0 bridgehead atoms. The summed E-state index contributed by atoms with van der Waals surface area (Å²) < 4.78 is 1.93. The molecule has 0 saturated heterocycles. The Labute approximate surface area is 125 Å². The van der Waals surface area contributed by atoms with Crippen molar-refractivity contribution in [3.8, 4) is 0 Å². The van der Waals surface area contributed by atoms with Crippen LogP contribution in [0.15, 0.2) is 10.9 Å². The van der Waals surface area contributed by atoms with Crippen molar-refractivity contribution in [3.63, 3.8) is 0 Å². The Bertz CT molecular complexity index is 560. The van der Waals surface area contributed by atoms with Crippen molar-refractivity contribution in [2.45, 2.75) is 71.3 Å². The largest absolute Gasteiger partial charge is 0.481 e. The van der Waals surface area contributed by atoms with Crippen molar-refractivity contribution < 1.29 is 9.90 Å². The molecule has 116 valence electrons. The van der Waals surface area contributed by atoms with Gasteiger partial charge in [-0.25, -0.2) is 0 Å². The summed E-state index contributed by atoms with van der Waals surface area (Å²) in [6, 6.07) is 1.97. The first-order valence-electron chi connectivity index (χ1n) is 8.09. The van der Waals surface area contributed by atoms with Crippen molar-refractivity contribution in [1.29, 1.82) is 0 Å². The average Bonchev–Trinajstić information content (AvgIpc) is 2.47. The number of unbranched alkanes of at least 4 members (excludes halogenated alkanes) is 2. The topological polar surface area (TPSA) is 59.3 Å². The van der Waals surface area contributed by atoms with Crippen molar-refractivity contribution in [2.24, 2.45) is 0 Å². The molecule has 21 heavy (non-hydrogen) atoms. The van der Waals surface area contributed by atoms with Gasteiger partial charge in [0.15, 0.2) is 0 Å². The van der Waals surface area contributed by atoms with Gasteiger partial charge < -0.3 is 9.67 Å². The van der Waals surface area contributed by atoms with Gasteiger partial charge in [-0.2, -0.15) is 0 Å². The highest BCUT2D eigenvalue weighted by molar-refractivity contribution is 5.67. The number of carbonyl (C=O) groups is 1. The lowest BCUT2D eigenvalue weighted by Gasteiger charge is -2.22. The summed E-state index contributed by atoms with van der Waals surface area (Å²) in [6.07, 6.45) is 7.96. The fraction of sp³-hybridized carbons (Fsp3) is 0.647. The Morgan fingerprint density at radius 1 is 1.29 bits per heavy atom. The number of pyridine rings is 1. The molecule has 1 aliphatic carbocycles. The zero-order valence-electron chi connectivity index (χ0n) is 12.9.